The Morgan fingerprint density at radius 1 is 1.12 bits per heavy atom. The van der Waals surface area contributed by atoms with Gasteiger partial charge in [-0.1, -0.05) is 29.5 Å². The van der Waals surface area contributed by atoms with Gasteiger partial charge in [-0.05, 0) is 75.3 Å². The number of hydrogen-bond acceptors (Lipinski definition) is 6. The molecule has 0 saturated heterocycles. The molecule has 0 unspecified atom stereocenters. The van der Waals surface area contributed by atoms with Gasteiger partial charge >= 0.3 is 0 Å². The van der Waals surface area contributed by atoms with E-state index in [0.717, 1.165) is 45.3 Å². The van der Waals surface area contributed by atoms with E-state index in [0.29, 0.717) is 16.3 Å². The van der Waals surface area contributed by atoms with E-state index in [2.05, 4.69) is 9.98 Å². The molecule has 3 aromatic rings. The van der Waals surface area contributed by atoms with Crippen LogP contribution < -0.4 is 11.3 Å². The molecule has 1 aliphatic heterocycles. The zero-order chi connectivity index (χ0) is 21.6. The van der Waals surface area contributed by atoms with Crippen LogP contribution in [-0.4, -0.2) is 20.3 Å². The van der Waals surface area contributed by atoms with E-state index in [1.807, 2.05) is 37.3 Å². The number of aliphatic imine (C=N–C) groups is 1. The third-order valence-electron chi connectivity index (χ3n) is 8.14. The van der Waals surface area contributed by atoms with Crippen molar-refractivity contribution >= 4 is 45.2 Å². The lowest BCUT2D eigenvalue weighted by atomic mass is 9.50. The van der Waals surface area contributed by atoms with Crippen molar-refractivity contribution in [3.8, 4) is 0 Å². The van der Waals surface area contributed by atoms with Crippen LogP contribution in [0.2, 0.25) is 0 Å². The van der Waals surface area contributed by atoms with E-state index < -0.39 is 0 Å². The summed E-state index contributed by atoms with van der Waals surface area (Å²) in [7, 11) is 0. The minimum absolute atomic E-state index is 0.162. The molecule has 6 nitrogen and oxygen atoms in total. The largest absolute Gasteiger partial charge is 0.383 e. The predicted molar refractivity (Wildman–Crippen MR) is 128 cm³/mol. The standard InChI is InChI=1S/C25H25N5OS/c1-13-18(17-4-2-3-5-20(17)27-13)9-19-21(26)30-24(28-22(19)31)32-23(29-30)25-10-14-6-15(11-25)8-16(7-14)12-25/h2-5,9,14-16H,6-8,10-12,26H2,1H3/b18-9-. The monoisotopic (exact) mass is 443 g/mol. The van der Waals surface area contributed by atoms with Gasteiger partial charge < -0.3 is 5.73 Å². The first-order valence-corrected chi connectivity index (χ1v) is 12.4. The first-order valence-electron chi connectivity index (χ1n) is 11.6. The van der Waals surface area contributed by atoms with Crippen molar-refractivity contribution in [3.63, 3.8) is 0 Å². The second-order valence-electron chi connectivity index (χ2n) is 10.3. The fraction of sp³-hybridized carbons (Fsp3) is 0.440. The van der Waals surface area contributed by atoms with Gasteiger partial charge in [0.05, 0.1) is 11.3 Å². The van der Waals surface area contributed by atoms with Crippen LogP contribution in [0.1, 0.15) is 61.6 Å². The topological polar surface area (TPSA) is 85.6 Å². The van der Waals surface area contributed by atoms with Gasteiger partial charge in [0.1, 0.15) is 10.8 Å². The van der Waals surface area contributed by atoms with Crippen molar-refractivity contribution in [3.05, 3.63) is 50.8 Å². The van der Waals surface area contributed by atoms with E-state index in [1.165, 1.54) is 38.5 Å². The van der Waals surface area contributed by atoms with E-state index in [1.54, 1.807) is 15.9 Å². The van der Waals surface area contributed by atoms with Crippen LogP contribution in [0, 0.1) is 17.8 Å². The van der Waals surface area contributed by atoms with Gasteiger partial charge in [0.2, 0.25) is 4.96 Å². The first-order chi connectivity index (χ1) is 15.5. The number of para-hydroxylation sites is 1. The number of anilines is 1. The van der Waals surface area contributed by atoms with Crippen LogP contribution in [0.15, 0.2) is 34.1 Å². The summed E-state index contributed by atoms with van der Waals surface area (Å²) in [6.45, 7) is 1.96. The van der Waals surface area contributed by atoms with Crippen molar-refractivity contribution in [1.82, 2.24) is 14.6 Å². The van der Waals surface area contributed by atoms with Gasteiger partial charge in [0.25, 0.3) is 5.56 Å². The molecule has 2 aromatic heterocycles. The van der Waals surface area contributed by atoms with Crippen molar-refractivity contribution in [2.75, 3.05) is 5.73 Å². The number of fused-ring (bicyclic) bond motifs is 2. The van der Waals surface area contributed by atoms with Gasteiger partial charge in [0.15, 0.2) is 0 Å². The minimum Gasteiger partial charge on any atom is -0.383 e. The third kappa shape index (κ3) is 2.57. The molecular formula is C25H25N5OS. The van der Waals surface area contributed by atoms with Crippen LogP contribution in [0.25, 0.3) is 16.6 Å². The summed E-state index contributed by atoms with van der Waals surface area (Å²) in [5, 5.41) is 6.12. The van der Waals surface area contributed by atoms with Gasteiger partial charge in [0, 0.05) is 22.3 Å². The number of nitrogens with two attached hydrogens (primary N) is 1. The molecule has 8 rings (SSSR count). The Morgan fingerprint density at radius 3 is 2.53 bits per heavy atom. The fourth-order valence-corrected chi connectivity index (χ4v) is 8.28. The molecule has 0 amide bonds. The first kappa shape index (κ1) is 18.7. The summed E-state index contributed by atoms with van der Waals surface area (Å²) in [4.78, 5) is 22.6. The smallest absolute Gasteiger partial charge is 0.283 e. The highest BCUT2D eigenvalue weighted by Crippen LogP contribution is 2.61. The molecule has 4 aliphatic carbocycles. The maximum atomic E-state index is 13.0. The van der Waals surface area contributed by atoms with Gasteiger partial charge in [-0.25, -0.2) is 0 Å². The number of aromatic nitrogens is 3. The van der Waals surface area contributed by atoms with Crippen molar-refractivity contribution in [1.29, 1.82) is 0 Å². The van der Waals surface area contributed by atoms with Crippen molar-refractivity contribution < 1.29 is 0 Å². The van der Waals surface area contributed by atoms with Crippen LogP contribution in [0.3, 0.4) is 0 Å². The molecule has 2 N–H and O–H groups in total. The third-order valence-corrected chi connectivity index (χ3v) is 9.30. The maximum Gasteiger partial charge on any atom is 0.283 e. The molecule has 162 valence electrons. The average Bonchev–Trinajstić information content (AvgIpc) is 3.31. The SMILES string of the molecule is CC1=Nc2ccccc2/C1=C\c1c(N)n2nc(C34CC5CC(CC(C5)C3)C4)sc2nc1=O. The molecule has 0 spiro atoms. The molecule has 3 heterocycles. The Kier molecular flexibility index (Phi) is 3.73. The lowest BCUT2D eigenvalue weighted by molar-refractivity contribution is -0.00564. The number of nitrogen functional groups attached to an aromatic ring is 1. The fourth-order valence-electron chi connectivity index (χ4n) is 7.17. The number of hydrogen-bond donors (Lipinski definition) is 1. The van der Waals surface area contributed by atoms with Crippen molar-refractivity contribution in [2.45, 2.75) is 50.9 Å². The molecular weight excluding hydrogens is 418 g/mol. The Bertz CT molecular complexity index is 1380. The lowest BCUT2D eigenvalue weighted by Gasteiger charge is -2.55. The van der Waals surface area contributed by atoms with Crippen molar-refractivity contribution in [2.24, 2.45) is 22.7 Å². The molecule has 0 atom stereocenters. The van der Waals surface area contributed by atoms with E-state index in [9.17, 15) is 4.79 Å². The lowest BCUT2D eigenvalue weighted by Crippen LogP contribution is -2.48. The predicted octanol–water partition coefficient (Wildman–Crippen LogP) is 4.85. The molecule has 4 bridgehead atoms. The summed E-state index contributed by atoms with van der Waals surface area (Å²) < 4.78 is 1.71. The highest BCUT2D eigenvalue weighted by atomic mass is 32.1. The zero-order valence-corrected chi connectivity index (χ0v) is 18.9. The molecule has 4 fully saturated rings. The van der Waals surface area contributed by atoms with E-state index in [-0.39, 0.29) is 11.0 Å². The minimum atomic E-state index is -0.298. The van der Waals surface area contributed by atoms with Gasteiger partial charge in [-0.2, -0.15) is 14.6 Å². The molecule has 32 heavy (non-hydrogen) atoms. The Labute approximate surface area is 189 Å². The molecule has 5 aliphatic rings. The highest BCUT2D eigenvalue weighted by molar-refractivity contribution is 7.16. The quantitative estimate of drug-likeness (QED) is 0.614. The zero-order valence-electron chi connectivity index (χ0n) is 18.0. The molecule has 0 radical (unpaired) electrons. The summed E-state index contributed by atoms with van der Waals surface area (Å²) in [5.41, 5.74) is 10.5. The normalized spacial score (nSPS) is 31.5. The van der Waals surface area contributed by atoms with E-state index >= 15 is 0 Å². The summed E-state index contributed by atoms with van der Waals surface area (Å²) in [6.07, 6.45) is 9.70. The Hall–Kier alpha value is -2.80. The van der Waals surface area contributed by atoms with Gasteiger partial charge in [-0.3, -0.25) is 9.79 Å². The summed E-state index contributed by atoms with van der Waals surface area (Å²) in [5.74, 6) is 2.88. The van der Waals surface area contributed by atoms with E-state index in [4.69, 9.17) is 10.8 Å². The second kappa shape index (κ2) is 6.38. The second-order valence-corrected chi connectivity index (χ2v) is 11.2. The van der Waals surface area contributed by atoms with Crippen LogP contribution in [0.5, 0.6) is 0 Å². The number of benzene rings is 1. The number of rotatable bonds is 2. The number of nitrogens with zero attached hydrogens (tertiary/aromatic N) is 4. The number of allylic oxidation sites excluding steroid dienone is 1. The average molecular weight is 444 g/mol. The summed E-state index contributed by atoms with van der Waals surface area (Å²) >= 11 is 1.57. The highest BCUT2D eigenvalue weighted by Gasteiger charge is 2.53. The Balaban J connectivity index is 1.35. The Morgan fingerprint density at radius 2 is 1.81 bits per heavy atom. The summed E-state index contributed by atoms with van der Waals surface area (Å²) in [6, 6.07) is 7.96. The maximum absolute atomic E-state index is 13.0. The van der Waals surface area contributed by atoms with Crippen LogP contribution >= 0.6 is 11.3 Å². The molecule has 4 saturated carbocycles. The van der Waals surface area contributed by atoms with Crippen LogP contribution in [-0.2, 0) is 5.41 Å². The molecule has 1 aromatic carbocycles. The molecule has 7 heteroatoms. The van der Waals surface area contributed by atoms with Gasteiger partial charge in [-0.15, -0.1) is 0 Å². The van der Waals surface area contributed by atoms with Crippen LogP contribution in [0.4, 0.5) is 11.5 Å².